The Kier molecular flexibility index (Phi) is 4.40. The number of hydrogen-bond acceptors (Lipinski definition) is 1. The normalized spacial score (nSPS) is 4.75. The summed E-state index contributed by atoms with van der Waals surface area (Å²) in [7, 11) is 2.58. The molecule has 4 heavy (non-hydrogen) atoms. The van der Waals surface area contributed by atoms with Gasteiger partial charge in [-0.2, -0.15) is 0 Å². The van der Waals surface area contributed by atoms with Gasteiger partial charge in [-0.3, -0.25) is 0 Å². The van der Waals surface area contributed by atoms with Crippen molar-refractivity contribution < 1.29 is 0 Å². The van der Waals surface area contributed by atoms with Crippen LogP contribution in [0.1, 0.15) is 0 Å². The maximum absolute atomic E-state index is 4.37. The molecule has 0 aliphatic carbocycles. The molecule has 0 aliphatic heterocycles. The molecule has 0 amide bonds. The summed E-state index contributed by atoms with van der Waals surface area (Å²) in [6.45, 7) is 3.38. The van der Waals surface area contributed by atoms with Crippen molar-refractivity contribution in [3.63, 3.8) is 0 Å². The molecule has 0 heterocycles. The van der Waals surface area contributed by atoms with Crippen LogP contribution < -0.4 is 0 Å². The van der Waals surface area contributed by atoms with Crippen molar-refractivity contribution >= 4 is 36.5 Å². The molecule has 0 nitrogen and oxygen atoms in total. The molecule has 0 spiro atoms. The average molecular weight is 108 g/mol. The Morgan fingerprint density at radius 1 is 1.75 bits per heavy atom. The Bertz CT molecular complexity index is 53.4. The molecule has 0 rings (SSSR count). The molecule has 0 fully saturated rings. The second kappa shape index (κ2) is 3.72. The summed E-state index contributed by atoms with van der Waals surface area (Å²) in [5.41, 5.74) is 0. The zero-order valence-electron chi connectivity index (χ0n) is 1.93. The van der Waals surface area contributed by atoms with Gasteiger partial charge in [0.05, 0.1) is 0 Å². The van der Waals surface area contributed by atoms with Crippen molar-refractivity contribution in [3.8, 4) is 0 Å². The molecule has 4 heteroatoms. The van der Waals surface area contributed by atoms with E-state index in [1.807, 2.05) is 0 Å². The van der Waals surface area contributed by atoms with E-state index in [9.17, 15) is 0 Å². The first-order valence-electron chi connectivity index (χ1n) is 0.622. The van der Waals surface area contributed by atoms with Crippen molar-refractivity contribution in [1.82, 2.24) is 0 Å². The third-order valence-electron chi connectivity index (χ3n) is 0.0481. The predicted molar refractivity (Wildman–Crippen MR) is 29.2 cm³/mol. The van der Waals surface area contributed by atoms with E-state index in [2.05, 4.69) is 17.9 Å². The van der Waals surface area contributed by atoms with E-state index in [1.54, 1.807) is 0 Å². The summed E-state index contributed by atoms with van der Waals surface area (Å²) in [6, 6.07) is 0. The summed E-state index contributed by atoms with van der Waals surface area (Å²) in [5.74, 6) is 0. The molecule has 0 aliphatic rings. The van der Waals surface area contributed by atoms with Crippen LogP contribution in [-0.2, 0) is 29.8 Å². The van der Waals surface area contributed by atoms with Crippen LogP contribution >= 0.6 is 0 Å². The number of rotatable bonds is 0. The van der Waals surface area contributed by atoms with Gasteiger partial charge in [-0.15, -0.1) is 0 Å². The van der Waals surface area contributed by atoms with Gasteiger partial charge >= 0.3 is 36.5 Å². The minimum atomic E-state index is 1.25. The van der Waals surface area contributed by atoms with E-state index in [-0.39, 0.29) is 0 Å². The molecule has 0 saturated heterocycles. The van der Waals surface area contributed by atoms with Crippen LogP contribution in [0.5, 0.6) is 0 Å². The first kappa shape index (κ1) is 4.72. The van der Waals surface area contributed by atoms with E-state index in [4.69, 9.17) is 0 Å². The first-order chi connectivity index (χ1) is 1.91. The molecular formula is HBS3. The van der Waals surface area contributed by atoms with Gasteiger partial charge in [-0.05, 0) is 0 Å². The Labute approximate surface area is 36.9 Å². The minimum absolute atomic E-state index is 1.25. The molecule has 0 saturated carbocycles. The van der Waals surface area contributed by atoms with Crippen LogP contribution in [0.2, 0.25) is 0 Å². The van der Waals surface area contributed by atoms with Gasteiger partial charge in [-0.25, -0.2) is 0 Å². The third kappa shape index (κ3) is 2.72. The average Bonchev–Trinajstić information content (AvgIpc) is 1.37. The summed E-state index contributed by atoms with van der Waals surface area (Å²) < 4.78 is 0. The van der Waals surface area contributed by atoms with Gasteiger partial charge in [0.2, 0.25) is 0 Å². The molecule has 0 aromatic rings. The van der Waals surface area contributed by atoms with Crippen molar-refractivity contribution in [3.05, 3.63) is 0 Å². The van der Waals surface area contributed by atoms with Crippen LogP contribution in [0.3, 0.4) is 0 Å². The topological polar surface area (TPSA) is 0 Å². The predicted octanol–water partition coefficient (Wildman–Crippen LogP) is -0.656. The van der Waals surface area contributed by atoms with Crippen LogP contribution in [0.4, 0.5) is 0 Å². The third-order valence-corrected chi connectivity index (χ3v) is 1.30. The van der Waals surface area contributed by atoms with Crippen LogP contribution in [0, 0.1) is 0 Å². The second-order valence-corrected chi connectivity index (χ2v) is 2.90. The van der Waals surface area contributed by atoms with Crippen molar-refractivity contribution in [2.24, 2.45) is 0 Å². The Morgan fingerprint density at radius 2 is 2.00 bits per heavy atom. The SMILES string of the molecule is B=S=S=S. The van der Waals surface area contributed by atoms with Gasteiger partial charge in [0.25, 0.3) is 0 Å². The van der Waals surface area contributed by atoms with Gasteiger partial charge in [0.15, 0.2) is 0 Å². The van der Waals surface area contributed by atoms with Crippen molar-refractivity contribution in [1.29, 1.82) is 0 Å². The first-order valence-corrected chi connectivity index (χ1v) is 3.87. The molecule has 0 aromatic heterocycles. The maximum atomic E-state index is 4.37. The monoisotopic (exact) mass is 108 g/mol. The quantitative estimate of drug-likeness (QED) is 0.371. The molecule has 0 bridgehead atoms. The molecule has 0 atom stereocenters. The molecule has 22 valence electrons. The van der Waals surface area contributed by atoms with E-state index in [1.165, 1.54) is 18.6 Å². The fourth-order valence-corrected chi connectivity index (χ4v) is 0. The van der Waals surface area contributed by atoms with E-state index in [0.717, 1.165) is 0 Å². The van der Waals surface area contributed by atoms with Crippen molar-refractivity contribution in [2.45, 2.75) is 0 Å². The standard InChI is InChI=1S/BHS3/c1-3-4-2/h1H. The molecular weight excluding hydrogens is 107 g/mol. The van der Waals surface area contributed by atoms with Crippen molar-refractivity contribution in [2.75, 3.05) is 0 Å². The van der Waals surface area contributed by atoms with Crippen LogP contribution in [0.25, 0.3) is 0 Å². The van der Waals surface area contributed by atoms with E-state index < -0.39 is 0 Å². The van der Waals surface area contributed by atoms with Gasteiger partial charge in [0, 0.05) is 0 Å². The summed E-state index contributed by atoms with van der Waals surface area (Å²) >= 11 is 4.37. The molecule has 0 unspecified atom stereocenters. The summed E-state index contributed by atoms with van der Waals surface area (Å²) in [4.78, 5) is 0. The Balaban J connectivity index is 3.95. The Hall–Kier alpha value is 0.725. The van der Waals surface area contributed by atoms with E-state index >= 15 is 0 Å². The Morgan fingerprint density at radius 3 is 2.00 bits per heavy atom. The fraction of sp³-hybridized carbons (Fsp3) is 0. The van der Waals surface area contributed by atoms with E-state index in [0.29, 0.717) is 0 Å². The fourth-order valence-electron chi connectivity index (χ4n) is 0. The van der Waals surface area contributed by atoms with Gasteiger partial charge < -0.3 is 0 Å². The molecule has 0 radical (unpaired) electrons. The second-order valence-electron chi connectivity index (χ2n) is 0.186. The summed E-state index contributed by atoms with van der Waals surface area (Å²) in [6.07, 6.45) is 0. The van der Waals surface area contributed by atoms with Crippen LogP contribution in [0.15, 0.2) is 0 Å². The zero-order valence-corrected chi connectivity index (χ0v) is 4.38. The van der Waals surface area contributed by atoms with Crippen LogP contribution in [-0.4, -0.2) is 6.72 Å². The molecule has 0 N–H and O–H groups in total. The zero-order chi connectivity index (χ0) is 3.41. The summed E-state index contributed by atoms with van der Waals surface area (Å²) in [5, 5.41) is 0. The van der Waals surface area contributed by atoms with Gasteiger partial charge in [0.1, 0.15) is 0 Å². The molecule has 0 aromatic carbocycles. The van der Waals surface area contributed by atoms with Gasteiger partial charge in [-0.1, -0.05) is 0 Å². The number of hydrogen-bond donors (Lipinski definition) is 0.